The second kappa shape index (κ2) is 5.89. The van der Waals surface area contributed by atoms with Gasteiger partial charge in [-0.05, 0) is 43.3 Å². The van der Waals surface area contributed by atoms with E-state index in [0.717, 1.165) is 22.5 Å². The fraction of sp³-hybridized carbons (Fsp3) is 0.176. The molecule has 22 heavy (non-hydrogen) atoms. The third kappa shape index (κ3) is 2.65. The maximum Gasteiger partial charge on any atom is 0.247 e. The maximum absolute atomic E-state index is 12.4. The van der Waals surface area contributed by atoms with E-state index >= 15 is 0 Å². The molecule has 0 radical (unpaired) electrons. The van der Waals surface area contributed by atoms with Crippen molar-refractivity contribution < 1.29 is 9.53 Å². The fourth-order valence-corrected chi connectivity index (χ4v) is 2.33. The van der Waals surface area contributed by atoms with Crippen LogP contribution in [0.5, 0.6) is 5.75 Å². The van der Waals surface area contributed by atoms with Crippen LogP contribution in [0.4, 0.5) is 5.69 Å². The molecule has 1 N–H and O–H groups in total. The zero-order valence-corrected chi connectivity index (χ0v) is 12.5. The standard InChI is InChI=1S/C17H17N3O2/c1-12(20-11-18-15-5-3-4-6-16(15)20)17(21)19-13-7-9-14(22-2)10-8-13/h3-12H,1-2H3,(H,19,21). The van der Waals surface area contributed by atoms with Crippen molar-refractivity contribution in [2.75, 3.05) is 12.4 Å². The Balaban J connectivity index is 1.79. The highest BCUT2D eigenvalue weighted by Crippen LogP contribution is 2.20. The van der Waals surface area contributed by atoms with E-state index in [1.807, 2.05) is 60.0 Å². The molecule has 0 spiro atoms. The average molecular weight is 295 g/mol. The summed E-state index contributed by atoms with van der Waals surface area (Å²) in [5, 5.41) is 2.90. The summed E-state index contributed by atoms with van der Waals surface area (Å²) >= 11 is 0. The van der Waals surface area contributed by atoms with Crippen molar-refractivity contribution in [2.45, 2.75) is 13.0 Å². The summed E-state index contributed by atoms with van der Waals surface area (Å²) in [7, 11) is 1.61. The molecule has 1 heterocycles. The molecule has 1 aromatic heterocycles. The molecule has 0 aliphatic heterocycles. The van der Waals surface area contributed by atoms with E-state index in [0.29, 0.717) is 0 Å². The molecule has 0 fully saturated rings. The molecular formula is C17H17N3O2. The number of anilines is 1. The molecule has 5 heteroatoms. The third-order valence-electron chi connectivity index (χ3n) is 3.64. The lowest BCUT2D eigenvalue weighted by atomic mass is 10.2. The van der Waals surface area contributed by atoms with Crippen LogP contribution in [0, 0.1) is 0 Å². The van der Waals surface area contributed by atoms with Gasteiger partial charge >= 0.3 is 0 Å². The summed E-state index contributed by atoms with van der Waals surface area (Å²) in [6.07, 6.45) is 1.70. The first-order valence-electron chi connectivity index (χ1n) is 7.05. The van der Waals surface area contributed by atoms with Gasteiger partial charge in [-0.2, -0.15) is 0 Å². The highest BCUT2D eigenvalue weighted by molar-refractivity contribution is 5.94. The molecule has 5 nitrogen and oxygen atoms in total. The number of hydrogen-bond acceptors (Lipinski definition) is 3. The molecule has 3 aromatic rings. The summed E-state index contributed by atoms with van der Waals surface area (Å²) in [6.45, 7) is 1.85. The number of imidazole rings is 1. The van der Waals surface area contributed by atoms with Gasteiger partial charge in [-0.15, -0.1) is 0 Å². The van der Waals surface area contributed by atoms with Crippen LogP contribution >= 0.6 is 0 Å². The van der Waals surface area contributed by atoms with Crippen LogP contribution < -0.4 is 10.1 Å². The normalized spacial score (nSPS) is 12.1. The number of para-hydroxylation sites is 2. The lowest BCUT2D eigenvalue weighted by Crippen LogP contribution is -2.23. The van der Waals surface area contributed by atoms with Crippen molar-refractivity contribution in [3.05, 3.63) is 54.9 Å². The van der Waals surface area contributed by atoms with Gasteiger partial charge in [0, 0.05) is 5.69 Å². The lowest BCUT2D eigenvalue weighted by Gasteiger charge is -2.14. The van der Waals surface area contributed by atoms with E-state index in [4.69, 9.17) is 4.74 Å². The van der Waals surface area contributed by atoms with E-state index in [-0.39, 0.29) is 11.9 Å². The molecule has 1 amide bonds. The Morgan fingerprint density at radius 1 is 1.18 bits per heavy atom. The predicted molar refractivity (Wildman–Crippen MR) is 86.1 cm³/mol. The van der Waals surface area contributed by atoms with Gasteiger partial charge < -0.3 is 14.6 Å². The Kier molecular flexibility index (Phi) is 3.78. The number of rotatable bonds is 4. The van der Waals surface area contributed by atoms with Crippen molar-refractivity contribution in [3.63, 3.8) is 0 Å². The quantitative estimate of drug-likeness (QED) is 0.804. The second-order valence-corrected chi connectivity index (χ2v) is 5.03. The highest BCUT2D eigenvalue weighted by atomic mass is 16.5. The Morgan fingerprint density at radius 3 is 2.64 bits per heavy atom. The topological polar surface area (TPSA) is 56.1 Å². The van der Waals surface area contributed by atoms with E-state index < -0.39 is 0 Å². The number of methoxy groups -OCH3 is 1. The molecule has 0 saturated heterocycles. The summed E-state index contributed by atoms with van der Waals surface area (Å²) in [6, 6.07) is 14.7. The first-order chi connectivity index (χ1) is 10.7. The molecule has 2 aromatic carbocycles. The van der Waals surface area contributed by atoms with Gasteiger partial charge in [-0.25, -0.2) is 4.98 Å². The van der Waals surface area contributed by atoms with Gasteiger partial charge in [-0.1, -0.05) is 12.1 Å². The molecule has 112 valence electrons. The van der Waals surface area contributed by atoms with E-state index in [2.05, 4.69) is 10.3 Å². The van der Waals surface area contributed by atoms with Gasteiger partial charge in [0.1, 0.15) is 11.8 Å². The number of nitrogens with zero attached hydrogens (tertiary/aromatic N) is 2. The molecule has 0 aliphatic carbocycles. The minimum absolute atomic E-state index is 0.0895. The highest BCUT2D eigenvalue weighted by Gasteiger charge is 2.17. The molecule has 1 unspecified atom stereocenters. The summed E-state index contributed by atoms with van der Waals surface area (Å²) in [4.78, 5) is 16.7. The summed E-state index contributed by atoms with van der Waals surface area (Å²) in [5.74, 6) is 0.667. The SMILES string of the molecule is COc1ccc(NC(=O)C(C)n2cnc3ccccc32)cc1. The van der Waals surface area contributed by atoms with Crippen LogP contribution in [0.15, 0.2) is 54.9 Å². The van der Waals surface area contributed by atoms with Gasteiger partial charge in [0.2, 0.25) is 5.91 Å². The smallest absolute Gasteiger partial charge is 0.247 e. The number of amides is 1. The Morgan fingerprint density at radius 2 is 1.91 bits per heavy atom. The number of benzene rings is 2. The third-order valence-corrected chi connectivity index (χ3v) is 3.64. The number of hydrogen-bond donors (Lipinski definition) is 1. The van der Waals surface area contributed by atoms with Crippen molar-refractivity contribution in [1.29, 1.82) is 0 Å². The summed E-state index contributed by atoms with van der Waals surface area (Å²) in [5.41, 5.74) is 2.56. The van der Waals surface area contributed by atoms with E-state index in [9.17, 15) is 4.79 Å². The number of fused-ring (bicyclic) bond motifs is 1. The van der Waals surface area contributed by atoms with Gasteiger partial charge in [0.15, 0.2) is 0 Å². The van der Waals surface area contributed by atoms with Crippen molar-refractivity contribution >= 4 is 22.6 Å². The summed E-state index contributed by atoms with van der Waals surface area (Å²) < 4.78 is 6.97. The largest absolute Gasteiger partial charge is 0.497 e. The van der Waals surface area contributed by atoms with Crippen LogP contribution in [0.3, 0.4) is 0 Å². The number of ether oxygens (including phenoxy) is 1. The Bertz CT molecular complexity index is 793. The zero-order chi connectivity index (χ0) is 15.5. The van der Waals surface area contributed by atoms with Crippen molar-refractivity contribution in [1.82, 2.24) is 9.55 Å². The maximum atomic E-state index is 12.4. The minimum Gasteiger partial charge on any atom is -0.497 e. The number of carbonyl (C=O) groups excluding carboxylic acids is 1. The molecule has 0 bridgehead atoms. The van der Waals surface area contributed by atoms with E-state index in [1.165, 1.54) is 0 Å². The Labute approximate surface area is 128 Å². The first-order valence-corrected chi connectivity index (χ1v) is 7.05. The van der Waals surface area contributed by atoms with Crippen LogP contribution in [0.1, 0.15) is 13.0 Å². The van der Waals surface area contributed by atoms with Crippen LogP contribution in [0.25, 0.3) is 11.0 Å². The number of aromatic nitrogens is 2. The second-order valence-electron chi connectivity index (χ2n) is 5.03. The van der Waals surface area contributed by atoms with Crippen molar-refractivity contribution in [2.24, 2.45) is 0 Å². The van der Waals surface area contributed by atoms with E-state index in [1.54, 1.807) is 13.4 Å². The number of nitrogens with one attached hydrogen (secondary N) is 1. The van der Waals surface area contributed by atoms with Gasteiger partial charge in [-0.3, -0.25) is 4.79 Å². The van der Waals surface area contributed by atoms with Crippen molar-refractivity contribution in [3.8, 4) is 5.75 Å². The van der Waals surface area contributed by atoms with Crippen LogP contribution in [-0.4, -0.2) is 22.6 Å². The monoisotopic (exact) mass is 295 g/mol. The molecule has 3 rings (SSSR count). The minimum atomic E-state index is -0.352. The Hall–Kier alpha value is -2.82. The average Bonchev–Trinajstić information content (AvgIpc) is 2.99. The fourth-order valence-electron chi connectivity index (χ4n) is 2.33. The van der Waals surface area contributed by atoms with Gasteiger partial charge in [0.25, 0.3) is 0 Å². The molecular weight excluding hydrogens is 278 g/mol. The lowest BCUT2D eigenvalue weighted by molar-refractivity contribution is -0.118. The first kappa shape index (κ1) is 14.1. The number of carbonyl (C=O) groups is 1. The zero-order valence-electron chi connectivity index (χ0n) is 12.5. The predicted octanol–water partition coefficient (Wildman–Crippen LogP) is 3.24. The molecule has 1 atom stereocenters. The van der Waals surface area contributed by atoms with Crippen LogP contribution in [-0.2, 0) is 4.79 Å². The van der Waals surface area contributed by atoms with Crippen LogP contribution in [0.2, 0.25) is 0 Å². The molecule has 0 saturated carbocycles. The van der Waals surface area contributed by atoms with Gasteiger partial charge in [0.05, 0.1) is 24.5 Å². The molecule has 0 aliphatic rings.